The summed E-state index contributed by atoms with van der Waals surface area (Å²) in [7, 11) is 1.69. The van der Waals surface area contributed by atoms with Crippen molar-refractivity contribution in [1.29, 1.82) is 5.26 Å². The van der Waals surface area contributed by atoms with E-state index in [-0.39, 0.29) is 5.41 Å². The van der Waals surface area contributed by atoms with E-state index < -0.39 is 0 Å². The van der Waals surface area contributed by atoms with Crippen molar-refractivity contribution in [2.24, 2.45) is 11.3 Å². The van der Waals surface area contributed by atoms with Crippen LogP contribution in [0, 0.1) is 22.7 Å². The average Bonchev–Trinajstić information content (AvgIpc) is 2.00. The third-order valence-electron chi connectivity index (χ3n) is 2.28. The molecule has 2 heteroatoms. The molecule has 0 aliphatic heterocycles. The lowest BCUT2D eigenvalue weighted by Gasteiger charge is -2.23. The van der Waals surface area contributed by atoms with Gasteiger partial charge < -0.3 is 4.74 Å². The van der Waals surface area contributed by atoms with E-state index in [0.29, 0.717) is 5.92 Å². The molecule has 0 spiro atoms. The Morgan fingerprint density at radius 2 is 2.09 bits per heavy atom. The fraction of sp³-hybridized carbons (Fsp3) is 0.889. The highest BCUT2D eigenvalue weighted by molar-refractivity contribution is 4.94. The van der Waals surface area contributed by atoms with Crippen LogP contribution in [0.5, 0.6) is 0 Å². The van der Waals surface area contributed by atoms with Gasteiger partial charge in [0, 0.05) is 13.7 Å². The predicted octanol–water partition coefficient (Wildman–Crippen LogP) is 2.21. The van der Waals surface area contributed by atoms with E-state index in [2.05, 4.69) is 13.0 Å². The van der Waals surface area contributed by atoms with Crippen molar-refractivity contribution in [3.63, 3.8) is 0 Å². The van der Waals surface area contributed by atoms with Crippen molar-refractivity contribution >= 4 is 0 Å². The highest BCUT2D eigenvalue weighted by Crippen LogP contribution is 2.27. The lowest BCUT2D eigenvalue weighted by atomic mass is 9.80. The molecule has 0 aliphatic carbocycles. The van der Waals surface area contributed by atoms with Crippen molar-refractivity contribution in [2.45, 2.75) is 27.2 Å². The molecule has 0 amide bonds. The van der Waals surface area contributed by atoms with Gasteiger partial charge in [-0.3, -0.25) is 0 Å². The van der Waals surface area contributed by atoms with Crippen molar-refractivity contribution < 1.29 is 4.74 Å². The highest BCUT2D eigenvalue weighted by Gasteiger charge is 2.24. The van der Waals surface area contributed by atoms with Crippen molar-refractivity contribution in [3.05, 3.63) is 0 Å². The van der Waals surface area contributed by atoms with E-state index in [0.717, 1.165) is 13.0 Å². The Morgan fingerprint density at radius 3 is 2.45 bits per heavy atom. The second-order valence-electron chi connectivity index (χ2n) is 3.52. The summed E-state index contributed by atoms with van der Waals surface area (Å²) >= 11 is 0. The number of ether oxygens (including phenoxy) is 1. The lowest BCUT2D eigenvalue weighted by Crippen LogP contribution is -2.20. The van der Waals surface area contributed by atoms with Crippen LogP contribution in [0.25, 0.3) is 0 Å². The zero-order valence-corrected chi connectivity index (χ0v) is 7.85. The Hall–Kier alpha value is -0.550. The molecule has 0 aliphatic rings. The fourth-order valence-electron chi connectivity index (χ4n) is 0.766. The number of methoxy groups -OCH3 is 1. The molecule has 0 saturated heterocycles. The minimum atomic E-state index is -0.224. The van der Waals surface area contributed by atoms with Crippen LogP contribution in [0.4, 0.5) is 0 Å². The third kappa shape index (κ3) is 3.38. The first-order chi connectivity index (χ1) is 5.04. The number of nitrogens with zero attached hydrogens (tertiary/aromatic N) is 1. The summed E-state index contributed by atoms with van der Waals surface area (Å²) < 4.78 is 4.94. The number of rotatable bonds is 4. The van der Waals surface area contributed by atoms with E-state index >= 15 is 0 Å². The summed E-state index contributed by atoms with van der Waals surface area (Å²) in [6.45, 7) is 6.76. The van der Waals surface area contributed by atoms with Gasteiger partial charge in [0.1, 0.15) is 0 Å². The zero-order chi connectivity index (χ0) is 8.91. The topological polar surface area (TPSA) is 33.0 Å². The van der Waals surface area contributed by atoms with Crippen LogP contribution in [0.2, 0.25) is 0 Å². The maximum atomic E-state index is 8.77. The monoisotopic (exact) mass is 155 g/mol. The number of nitriles is 1. The SMILES string of the molecule is COCCC(C)C(C)(C)C#N. The van der Waals surface area contributed by atoms with Gasteiger partial charge in [0.2, 0.25) is 0 Å². The van der Waals surface area contributed by atoms with Gasteiger partial charge in [0.25, 0.3) is 0 Å². The Kier molecular flexibility index (Phi) is 4.14. The van der Waals surface area contributed by atoms with Crippen LogP contribution in [-0.4, -0.2) is 13.7 Å². The van der Waals surface area contributed by atoms with Gasteiger partial charge in [-0.1, -0.05) is 6.92 Å². The van der Waals surface area contributed by atoms with Crippen LogP contribution in [0.1, 0.15) is 27.2 Å². The molecule has 0 rings (SSSR count). The second kappa shape index (κ2) is 4.35. The minimum absolute atomic E-state index is 0.224. The van der Waals surface area contributed by atoms with Gasteiger partial charge >= 0.3 is 0 Å². The van der Waals surface area contributed by atoms with Crippen LogP contribution < -0.4 is 0 Å². The lowest BCUT2D eigenvalue weighted by molar-refractivity contribution is 0.157. The van der Waals surface area contributed by atoms with Crippen molar-refractivity contribution in [1.82, 2.24) is 0 Å². The fourth-order valence-corrected chi connectivity index (χ4v) is 0.766. The standard InChI is InChI=1S/C9H17NO/c1-8(5-6-11-4)9(2,3)7-10/h8H,5-6H2,1-4H3. The first kappa shape index (κ1) is 10.4. The van der Waals surface area contributed by atoms with Gasteiger partial charge in [0.15, 0.2) is 0 Å². The molecule has 0 saturated carbocycles. The van der Waals surface area contributed by atoms with Gasteiger partial charge in [-0.15, -0.1) is 0 Å². The number of hydrogen-bond acceptors (Lipinski definition) is 2. The molecule has 0 aromatic rings. The van der Waals surface area contributed by atoms with Crippen molar-refractivity contribution in [2.75, 3.05) is 13.7 Å². The van der Waals surface area contributed by atoms with Crippen LogP contribution in [0.15, 0.2) is 0 Å². The quantitative estimate of drug-likeness (QED) is 0.623. The molecule has 0 N–H and O–H groups in total. The summed E-state index contributed by atoms with van der Waals surface area (Å²) in [5, 5.41) is 8.77. The Morgan fingerprint density at radius 1 is 1.55 bits per heavy atom. The third-order valence-corrected chi connectivity index (χ3v) is 2.28. The summed E-state index contributed by atoms with van der Waals surface area (Å²) in [6.07, 6.45) is 0.955. The molecule has 0 fully saturated rings. The van der Waals surface area contributed by atoms with E-state index in [1.54, 1.807) is 7.11 Å². The van der Waals surface area contributed by atoms with Gasteiger partial charge in [-0.25, -0.2) is 0 Å². The number of hydrogen-bond donors (Lipinski definition) is 0. The summed E-state index contributed by atoms with van der Waals surface area (Å²) in [6, 6.07) is 2.29. The van der Waals surface area contributed by atoms with E-state index in [9.17, 15) is 0 Å². The van der Waals surface area contributed by atoms with Gasteiger partial charge in [0.05, 0.1) is 11.5 Å². The van der Waals surface area contributed by atoms with Gasteiger partial charge in [-0.2, -0.15) is 5.26 Å². The Labute approximate surface area is 69.2 Å². The molecular formula is C9H17NO. The van der Waals surface area contributed by atoms with Crippen LogP contribution >= 0.6 is 0 Å². The first-order valence-corrected chi connectivity index (χ1v) is 3.94. The summed E-state index contributed by atoms with van der Waals surface area (Å²) in [4.78, 5) is 0. The first-order valence-electron chi connectivity index (χ1n) is 3.94. The predicted molar refractivity (Wildman–Crippen MR) is 45.1 cm³/mol. The Balaban J connectivity index is 3.83. The average molecular weight is 155 g/mol. The zero-order valence-electron chi connectivity index (χ0n) is 7.85. The maximum absolute atomic E-state index is 8.77. The molecule has 2 nitrogen and oxygen atoms in total. The largest absolute Gasteiger partial charge is 0.385 e. The smallest absolute Gasteiger partial charge is 0.0686 e. The molecule has 0 aromatic carbocycles. The van der Waals surface area contributed by atoms with E-state index in [4.69, 9.17) is 10.00 Å². The molecule has 0 aromatic heterocycles. The van der Waals surface area contributed by atoms with E-state index in [1.165, 1.54) is 0 Å². The Bertz CT molecular complexity index is 146. The molecule has 0 bridgehead atoms. The van der Waals surface area contributed by atoms with Gasteiger partial charge in [-0.05, 0) is 26.2 Å². The second-order valence-corrected chi connectivity index (χ2v) is 3.52. The molecule has 0 radical (unpaired) electrons. The van der Waals surface area contributed by atoms with Crippen LogP contribution in [0.3, 0.4) is 0 Å². The van der Waals surface area contributed by atoms with Crippen LogP contribution in [-0.2, 0) is 4.74 Å². The molecule has 11 heavy (non-hydrogen) atoms. The highest BCUT2D eigenvalue weighted by atomic mass is 16.5. The molecule has 1 atom stereocenters. The van der Waals surface area contributed by atoms with E-state index in [1.807, 2.05) is 13.8 Å². The minimum Gasteiger partial charge on any atom is -0.385 e. The molecule has 1 unspecified atom stereocenters. The maximum Gasteiger partial charge on any atom is 0.0686 e. The normalized spacial score (nSPS) is 14.1. The summed E-state index contributed by atoms with van der Waals surface area (Å²) in [5.74, 6) is 0.396. The summed E-state index contributed by atoms with van der Waals surface area (Å²) in [5.41, 5.74) is -0.224. The molecule has 64 valence electrons. The molecular weight excluding hydrogens is 138 g/mol. The molecule has 0 heterocycles. The van der Waals surface area contributed by atoms with Crippen molar-refractivity contribution in [3.8, 4) is 6.07 Å².